The molecule has 0 fully saturated rings. The molecular weight excluding hydrogens is 446 g/mol. The summed E-state index contributed by atoms with van der Waals surface area (Å²) in [4.78, 5) is 37.4. The number of carboxylic acid groups (broad SMARTS) is 1. The topological polar surface area (TPSA) is 108 Å². The molecule has 35 heavy (non-hydrogen) atoms. The van der Waals surface area contributed by atoms with Gasteiger partial charge in [0.05, 0.1) is 6.54 Å². The summed E-state index contributed by atoms with van der Waals surface area (Å²) in [5.41, 5.74) is 6.62. The first-order valence-electron chi connectivity index (χ1n) is 11.5. The lowest BCUT2D eigenvalue weighted by Crippen LogP contribution is -2.35. The highest BCUT2D eigenvalue weighted by atomic mass is 16.5. The van der Waals surface area contributed by atoms with E-state index in [-0.39, 0.29) is 44.6 Å². The summed E-state index contributed by atoms with van der Waals surface area (Å²) >= 11 is 0. The van der Waals surface area contributed by atoms with E-state index in [0.717, 1.165) is 22.3 Å². The Kier molecular flexibility index (Phi) is 6.10. The van der Waals surface area contributed by atoms with Crippen molar-refractivity contribution in [2.24, 2.45) is 0 Å². The first-order chi connectivity index (χ1) is 17.0. The highest BCUT2D eigenvalue weighted by molar-refractivity contribution is 5.96. The van der Waals surface area contributed by atoms with Crippen molar-refractivity contribution in [3.63, 3.8) is 0 Å². The quantitative estimate of drug-likeness (QED) is 0.472. The highest BCUT2D eigenvalue weighted by Crippen LogP contribution is 2.44. The van der Waals surface area contributed by atoms with Gasteiger partial charge < -0.3 is 20.5 Å². The molecule has 2 aliphatic rings. The van der Waals surface area contributed by atoms with Gasteiger partial charge in [-0.3, -0.25) is 9.69 Å². The molecule has 3 aromatic rings. The van der Waals surface area contributed by atoms with Crippen molar-refractivity contribution in [3.05, 3.63) is 94.5 Å². The van der Waals surface area contributed by atoms with Gasteiger partial charge in [0.1, 0.15) is 6.61 Å². The summed E-state index contributed by atoms with van der Waals surface area (Å²) in [7, 11) is 0. The van der Waals surface area contributed by atoms with Gasteiger partial charge in [-0.05, 0) is 39.4 Å². The van der Waals surface area contributed by atoms with E-state index < -0.39 is 12.2 Å². The Hall–Kier alpha value is -4.33. The molecule has 8 heteroatoms. The third-order valence-electron chi connectivity index (χ3n) is 6.52. The summed E-state index contributed by atoms with van der Waals surface area (Å²) in [6, 6.07) is 21.5. The number of hydrogen-bond donors (Lipinski definition) is 3. The molecule has 0 atom stereocenters. The molecule has 0 bridgehead atoms. The Morgan fingerprint density at radius 3 is 2.20 bits per heavy atom. The van der Waals surface area contributed by atoms with Crippen LogP contribution in [0.25, 0.3) is 11.1 Å². The highest BCUT2D eigenvalue weighted by Gasteiger charge is 2.29. The molecule has 1 heterocycles. The van der Waals surface area contributed by atoms with Crippen LogP contribution in [0.2, 0.25) is 0 Å². The molecule has 3 N–H and O–H groups in total. The van der Waals surface area contributed by atoms with E-state index in [0.29, 0.717) is 5.56 Å². The van der Waals surface area contributed by atoms with Gasteiger partial charge >= 0.3 is 12.2 Å². The third kappa shape index (κ3) is 4.42. The van der Waals surface area contributed by atoms with Crippen molar-refractivity contribution in [2.75, 3.05) is 19.7 Å². The van der Waals surface area contributed by atoms with Crippen LogP contribution in [0.1, 0.15) is 38.5 Å². The minimum Gasteiger partial charge on any atom is -0.465 e. The van der Waals surface area contributed by atoms with Crippen molar-refractivity contribution in [1.29, 1.82) is 0 Å². The molecule has 1 aliphatic carbocycles. The normalized spacial score (nSPS) is 13.5. The Bertz CT molecular complexity index is 1260. The summed E-state index contributed by atoms with van der Waals surface area (Å²) in [5.74, 6) is -0.318. The van der Waals surface area contributed by atoms with Crippen LogP contribution in [0.3, 0.4) is 0 Å². The van der Waals surface area contributed by atoms with Crippen molar-refractivity contribution < 1.29 is 24.2 Å². The van der Waals surface area contributed by atoms with Gasteiger partial charge in [0.25, 0.3) is 5.91 Å². The SMILES string of the molecule is O=C(NCCNC(=O)c1cccc2c1CN(C(=O)O)C2)OCC1c2ccccc2-c2ccccc21. The maximum absolute atomic E-state index is 12.6. The second kappa shape index (κ2) is 9.50. The van der Waals surface area contributed by atoms with Gasteiger partial charge in [-0.2, -0.15) is 0 Å². The van der Waals surface area contributed by atoms with E-state index in [1.165, 1.54) is 16.0 Å². The van der Waals surface area contributed by atoms with Crippen LogP contribution in [-0.2, 0) is 17.8 Å². The number of amides is 3. The van der Waals surface area contributed by atoms with Crippen LogP contribution < -0.4 is 10.6 Å². The van der Waals surface area contributed by atoms with Crippen molar-refractivity contribution in [2.45, 2.75) is 19.0 Å². The molecule has 8 nitrogen and oxygen atoms in total. The van der Waals surface area contributed by atoms with E-state index in [4.69, 9.17) is 4.74 Å². The van der Waals surface area contributed by atoms with Gasteiger partial charge in [0, 0.05) is 31.1 Å². The number of carbonyl (C=O) groups excluding carboxylic acids is 2. The van der Waals surface area contributed by atoms with Crippen LogP contribution in [0, 0.1) is 0 Å². The molecule has 178 valence electrons. The molecule has 0 saturated carbocycles. The molecule has 5 rings (SSSR count). The summed E-state index contributed by atoms with van der Waals surface area (Å²) in [6.07, 6.45) is -1.56. The summed E-state index contributed by atoms with van der Waals surface area (Å²) in [6.45, 7) is 1.11. The smallest absolute Gasteiger partial charge is 0.407 e. The van der Waals surface area contributed by atoms with Gasteiger partial charge in [-0.25, -0.2) is 9.59 Å². The number of rotatable bonds is 6. The van der Waals surface area contributed by atoms with Crippen molar-refractivity contribution in [3.8, 4) is 11.1 Å². The van der Waals surface area contributed by atoms with Crippen LogP contribution in [0.15, 0.2) is 66.7 Å². The second-order valence-corrected chi connectivity index (χ2v) is 8.59. The van der Waals surface area contributed by atoms with E-state index in [9.17, 15) is 19.5 Å². The lowest BCUT2D eigenvalue weighted by Gasteiger charge is -2.15. The largest absolute Gasteiger partial charge is 0.465 e. The summed E-state index contributed by atoms with van der Waals surface area (Å²) < 4.78 is 5.50. The van der Waals surface area contributed by atoms with Gasteiger partial charge in [-0.15, -0.1) is 0 Å². The predicted octanol–water partition coefficient (Wildman–Crippen LogP) is 3.95. The van der Waals surface area contributed by atoms with E-state index in [2.05, 4.69) is 34.9 Å². The number of hydrogen-bond acceptors (Lipinski definition) is 4. The Morgan fingerprint density at radius 2 is 1.51 bits per heavy atom. The Balaban J connectivity index is 1.11. The molecule has 1 aliphatic heterocycles. The van der Waals surface area contributed by atoms with E-state index in [1.807, 2.05) is 30.3 Å². The predicted molar refractivity (Wildman–Crippen MR) is 129 cm³/mol. The first kappa shape index (κ1) is 22.5. The van der Waals surface area contributed by atoms with Gasteiger partial charge in [0.15, 0.2) is 0 Å². The zero-order valence-corrected chi connectivity index (χ0v) is 19.0. The fourth-order valence-electron chi connectivity index (χ4n) is 4.86. The fraction of sp³-hybridized carbons (Fsp3) is 0.222. The molecule has 0 unspecified atom stereocenters. The Morgan fingerprint density at radius 1 is 0.857 bits per heavy atom. The number of nitrogens with one attached hydrogen (secondary N) is 2. The number of carbonyl (C=O) groups is 3. The maximum atomic E-state index is 12.6. The second-order valence-electron chi connectivity index (χ2n) is 8.59. The fourth-order valence-corrected chi connectivity index (χ4v) is 4.86. The molecule has 0 saturated heterocycles. The van der Waals surface area contributed by atoms with Gasteiger partial charge in [0.2, 0.25) is 0 Å². The summed E-state index contributed by atoms with van der Waals surface area (Å²) in [5, 5.41) is 14.7. The molecule has 3 aromatic carbocycles. The zero-order chi connectivity index (χ0) is 24.4. The van der Waals surface area contributed by atoms with Crippen molar-refractivity contribution in [1.82, 2.24) is 15.5 Å². The lowest BCUT2D eigenvalue weighted by molar-refractivity contribution is 0.0949. The Labute approximate surface area is 202 Å². The number of ether oxygens (including phenoxy) is 1. The number of fused-ring (bicyclic) bond motifs is 4. The number of benzene rings is 3. The van der Waals surface area contributed by atoms with Crippen LogP contribution >= 0.6 is 0 Å². The van der Waals surface area contributed by atoms with Crippen LogP contribution in [-0.4, -0.2) is 47.8 Å². The molecular formula is C27H25N3O5. The average molecular weight is 472 g/mol. The number of nitrogens with zero attached hydrogens (tertiary/aromatic N) is 1. The first-order valence-corrected chi connectivity index (χ1v) is 11.5. The van der Waals surface area contributed by atoms with Crippen LogP contribution in [0.4, 0.5) is 9.59 Å². The molecule has 3 amide bonds. The molecule has 0 aromatic heterocycles. The van der Waals surface area contributed by atoms with Gasteiger partial charge in [-0.1, -0.05) is 60.7 Å². The minimum atomic E-state index is -1.01. The minimum absolute atomic E-state index is 0.0154. The zero-order valence-electron chi connectivity index (χ0n) is 19.0. The third-order valence-corrected chi connectivity index (χ3v) is 6.52. The monoisotopic (exact) mass is 471 g/mol. The molecule has 0 spiro atoms. The maximum Gasteiger partial charge on any atom is 0.407 e. The van der Waals surface area contributed by atoms with Crippen LogP contribution in [0.5, 0.6) is 0 Å². The molecule has 0 radical (unpaired) electrons. The van der Waals surface area contributed by atoms with E-state index in [1.54, 1.807) is 12.1 Å². The van der Waals surface area contributed by atoms with E-state index >= 15 is 0 Å². The average Bonchev–Trinajstić information content (AvgIpc) is 3.45. The number of alkyl carbamates (subject to hydrolysis) is 1. The standard InChI is InChI=1S/C27H25N3O5/c31-25(22-11-5-6-17-14-30(27(33)34)15-23(17)22)28-12-13-29-26(32)35-16-24-20-9-3-1-7-18(20)19-8-2-4-10-21(19)24/h1-11,24H,12-16H2,(H,28,31)(H,29,32)(H,33,34). The van der Waals surface area contributed by atoms with Crippen molar-refractivity contribution >= 4 is 18.1 Å². The lowest BCUT2D eigenvalue weighted by atomic mass is 9.98.